The molecule has 1 heterocycles. The predicted octanol–water partition coefficient (Wildman–Crippen LogP) is 1.68. The fraction of sp³-hybridized carbons (Fsp3) is 0.364. The molecule has 1 aromatic carbocycles. The summed E-state index contributed by atoms with van der Waals surface area (Å²) in [5.74, 6) is 0.321. The van der Waals surface area contributed by atoms with Gasteiger partial charge in [0.1, 0.15) is 6.04 Å². The zero-order valence-electron chi connectivity index (χ0n) is 8.22. The maximum absolute atomic E-state index is 10.7. The highest BCUT2D eigenvalue weighted by Gasteiger charge is 2.26. The number of carboxylic acids is 1. The molecule has 0 spiro atoms. The first-order chi connectivity index (χ1) is 7.18. The molecule has 4 heteroatoms. The lowest BCUT2D eigenvalue weighted by Gasteiger charge is -2.13. The van der Waals surface area contributed by atoms with Gasteiger partial charge in [-0.15, -0.1) is 11.8 Å². The number of nitrogens with two attached hydrogens (primary N) is 1. The molecule has 1 aromatic rings. The minimum Gasteiger partial charge on any atom is -0.480 e. The number of aliphatic carboxylic acids is 1. The Morgan fingerprint density at radius 2 is 2.33 bits per heavy atom. The Morgan fingerprint density at radius 1 is 1.60 bits per heavy atom. The van der Waals surface area contributed by atoms with E-state index in [1.54, 1.807) is 11.8 Å². The summed E-state index contributed by atoms with van der Waals surface area (Å²) in [6.45, 7) is 0. The monoisotopic (exact) mass is 223 g/mol. The van der Waals surface area contributed by atoms with Crippen LogP contribution in [0, 0.1) is 0 Å². The van der Waals surface area contributed by atoms with Crippen molar-refractivity contribution < 1.29 is 9.90 Å². The average Bonchev–Trinajstić information content (AvgIpc) is 2.62. The summed E-state index contributed by atoms with van der Waals surface area (Å²) in [4.78, 5) is 11.9. The minimum absolute atomic E-state index is 0.289. The maximum atomic E-state index is 10.7. The summed E-state index contributed by atoms with van der Waals surface area (Å²) in [6, 6.07) is 7.39. The third-order valence-corrected chi connectivity index (χ3v) is 3.91. The Labute approximate surface area is 92.7 Å². The van der Waals surface area contributed by atoms with Crippen LogP contribution in [0.4, 0.5) is 0 Å². The molecule has 2 atom stereocenters. The summed E-state index contributed by atoms with van der Waals surface area (Å²) in [7, 11) is 0. The Bertz CT molecular complexity index is 381. The van der Waals surface area contributed by atoms with Crippen molar-refractivity contribution in [2.75, 3.05) is 5.75 Å². The van der Waals surface area contributed by atoms with Crippen LogP contribution in [0.15, 0.2) is 29.2 Å². The number of benzene rings is 1. The van der Waals surface area contributed by atoms with Gasteiger partial charge in [-0.1, -0.05) is 18.2 Å². The normalized spacial score (nSPS) is 21.0. The second-order valence-electron chi connectivity index (χ2n) is 3.73. The summed E-state index contributed by atoms with van der Waals surface area (Å²) >= 11 is 1.78. The molecule has 0 bridgehead atoms. The highest BCUT2D eigenvalue weighted by molar-refractivity contribution is 7.99. The standard InChI is InChI=1S/C11H13NO2S/c12-9(11(13)14)5-7-6-15-10-4-2-1-3-8(7)10/h1-4,7,9H,5-6,12H2,(H,13,14)/t7?,9-/m1/s1. The molecule has 0 saturated carbocycles. The number of thioether (sulfide) groups is 1. The van der Waals surface area contributed by atoms with Crippen molar-refractivity contribution in [2.45, 2.75) is 23.3 Å². The average molecular weight is 223 g/mol. The van der Waals surface area contributed by atoms with E-state index in [1.165, 1.54) is 10.5 Å². The molecule has 2 rings (SSSR count). The van der Waals surface area contributed by atoms with E-state index >= 15 is 0 Å². The van der Waals surface area contributed by atoms with Crippen LogP contribution < -0.4 is 5.73 Å². The SMILES string of the molecule is N[C@H](CC1CSc2ccccc21)C(=O)O. The maximum Gasteiger partial charge on any atom is 0.320 e. The van der Waals surface area contributed by atoms with E-state index in [0.717, 1.165) is 5.75 Å². The summed E-state index contributed by atoms with van der Waals surface area (Å²) < 4.78 is 0. The van der Waals surface area contributed by atoms with Crippen molar-refractivity contribution in [1.82, 2.24) is 0 Å². The highest BCUT2D eigenvalue weighted by Crippen LogP contribution is 2.41. The van der Waals surface area contributed by atoms with Gasteiger partial charge in [0, 0.05) is 10.6 Å². The molecule has 0 aromatic heterocycles. The summed E-state index contributed by atoms with van der Waals surface area (Å²) in [5.41, 5.74) is 6.79. The molecule has 1 unspecified atom stereocenters. The Morgan fingerprint density at radius 3 is 3.07 bits per heavy atom. The van der Waals surface area contributed by atoms with Gasteiger partial charge in [0.05, 0.1) is 0 Å². The van der Waals surface area contributed by atoms with Crippen LogP contribution in [0.2, 0.25) is 0 Å². The lowest BCUT2D eigenvalue weighted by Crippen LogP contribution is -2.31. The van der Waals surface area contributed by atoms with E-state index in [0.29, 0.717) is 6.42 Å². The fourth-order valence-electron chi connectivity index (χ4n) is 1.83. The Kier molecular flexibility index (Phi) is 2.98. The van der Waals surface area contributed by atoms with Crippen molar-refractivity contribution in [3.05, 3.63) is 29.8 Å². The summed E-state index contributed by atoms with van der Waals surface area (Å²) in [5, 5.41) is 8.76. The Hall–Kier alpha value is -1.00. The van der Waals surface area contributed by atoms with Gasteiger partial charge in [-0.05, 0) is 24.0 Å². The van der Waals surface area contributed by atoms with Gasteiger partial charge in [0.2, 0.25) is 0 Å². The lowest BCUT2D eigenvalue weighted by atomic mass is 9.94. The molecule has 3 N–H and O–H groups in total. The molecule has 3 nitrogen and oxygen atoms in total. The van der Waals surface area contributed by atoms with Gasteiger partial charge >= 0.3 is 5.97 Å². The van der Waals surface area contributed by atoms with E-state index < -0.39 is 12.0 Å². The molecule has 1 aliphatic rings. The first-order valence-electron chi connectivity index (χ1n) is 4.88. The minimum atomic E-state index is -0.913. The fourth-order valence-corrected chi connectivity index (χ4v) is 3.10. The molecule has 0 fully saturated rings. The second kappa shape index (κ2) is 4.24. The van der Waals surface area contributed by atoms with Gasteiger partial charge in [-0.3, -0.25) is 4.79 Å². The number of carboxylic acid groups (broad SMARTS) is 1. The number of fused-ring (bicyclic) bond motifs is 1. The molecule has 80 valence electrons. The molecular weight excluding hydrogens is 210 g/mol. The van der Waals surface area contributed by atoms with Gasteiger partial charge in [-0.25, -0.2) is 0 Å². The zero-order chi connectivity index (χ0) is 10.8. The van der Waals surface area contributed by atoms with E-state index in [2.05, 4.69) is 12.1 Å². The summed E-state index contributed by atoms with van der Waals surface area (Å²) in [6.07, 6.45) is 0.527. The van der Waals surface area contributed by atoms with Crippen molar-refractivity contribution in [3.63, 3.8) is 0 Å². The smallest absolute Gasteiger partial charge is 0.320 e. The van der Waals surface area contributed by atoms with E-state index in [-0.39, 0.29) is 5.92 Å². The first kappa shape index (κ1) is 10.5. The third-order valence-electron chi connectivity index (χ3n) is 2.65. The number of hydrogen-bond donors (Lipinski definition) is 2. The molecule has 0 aliphatic carbocycles. The van der Waals surface area contributed by atoms with E-state index in [4.69, 9.17) is 10.8 Å². The second-order valence-corrected chi connectivity index (χ2v) is 4.79. The highest BCUT2D eigenvalue weighted by atomic mass is 32.2. The number of carbonyl (C=O) groups is 1. The van der Waals surface area contributed by atoms with Crippen molar-refractivity contribution in [3.8, 4) is 0 Å². The van der Waals surface area contributed by atoms with Gasteiger partial charge in [-0.2, -0.15) is 0 Å². The Balaban J connectivity index is 2.11. The van der Waals surface area contributed by atoms with Crippen LogP contribution in [0.5, 0.6) is 0 Å². The number of hydrogen-bond acceptors (Lipinski definition) is 3. The van der Waals surface area contributed by atoms with Gasteiger partial charge in [0.15, 0.2) is 0 Å². The number of rotatable bonds is 3. The first-order valence-corrected chi connectivity index (χ1v) is 5.87. The van der Waals surface area contributed by atoms with Gasteiger partial charge < -0.3 is 10.8 Å². The van der Waals surface area contributed by atoms with E-state index in [1.807, 2.05) is 12.1 Å². The lowest BCUT2D eigenvalue weighted by molar-refractivity contribution is -0.138. The van der Waals surface area contributed by atoms with E-state index in [9.17, 15) is 4.79 Å². The van der Waals surface area contributed by atoms with Crippen LogP contribution in [-0.4, -0.2) is 22.9 Å². The quantitative estimate of drug-likeness (QED) is 0.818. The zero-order valence-corrected chi connectivity index (χ0v) is 9.04. The van der Waals surface area contributed by atoms with Crippen molar-refractivity contribution in [2.24, 2.45) is 5.73 Å². The van der Waals surface area contributed by atoms with Crippen LogP contribution in [0.25, 0.3) is 0 Å². The third kappa shape index (κ3) is 2.16. The molecule has 1 aliphatic heterocycles. The molecule has 15 heavy (non-hydrogen) atoms. The topological polar surface area (TPSA) is 63.3 Å². The molecule has 0 amide bonds. The largest absolute Gasteiger partial charge is 0.480 e. The van der Waals surface area contributed by atoms with Crippen LogP contribution >= 0.6 is 11.8 Å². The molecule has 0 saturated heterocycles. The predicted molar refractivity (Wildman–Crippen MR) is 60.1 cm³/mol. The van der Waals surface area contributed by atoms with Crippen LogP contribution in [-0.2, 0) is 4.79 Å². The molecule has 0 radical (unpaired) electrons. The van der Waals surface area contributed by atoms with Crippen LogP contribution in [0.3, 0.4) is 0 Å². The van der Waals surface area contributed by atoms with Crippen LogP contribution in [0.1, 0.15) is 17.9 Å². The molecular formula is C11H13NO2S. The van der Waals surface area contributed by atoms with Crippen molar-refractivity contribution in [1.29, 1.82) is 0 Å². The van der Waals surface area contributed by atoms with Gasteiger partial charge in [0.25, 0.3) is 0 Å². The van der Waals surface area contributed by atoms with Crippen molar-refractivity contribution >= 4 is 17.7 Å².